The highest BCUT2D eigenvalue weighted by molar-refractivity contribution is 5.72. The number of rotatable bonds is 1. The number of aryl methyl sites for hydroxylation is 1. The van der Waals surface area contributed by atoms with Crippen LogP contribution in [0.5, 0.6) is 0 Å². The summed E-state index contributed by atoms with van der Waals surface area (Å²) in [6, 6.07) is 8.23. The molecule has 18 heavy (non-hydrogen) atoms. The fourth-order valence-electron chi connectivity index (χ4n) is 2.55. The SMILES string of the molecule is Cc1ccc([C@H]2OC(=O)N(C(C)(C)C)[C@@H]2C)cc1. The van der Waals surface area contributed by atoms with Gasteiger partial charge in [0.25, 0.3) is 0 Å². The fraction of sp³-hybridized carbons (Fsp3) is 0.533. The molecule has 1 saturated heterocycles. The van der Waals surface area contributed by atoms with Gasteiger partial charge in [0.05, 0.1) is 6.04 Å². The van der Waals surface area contributed by atoms with E-state index in [-0.39, 0.29) is 23.8 Å². The van der Waals surface area contributed by atoms with Crippen LogP contribution < -0.4 is 0 Å². The normalized spacial score (nSPS) is 24.3. The van der Waals surface area contributed by atoms with Crippen molar-refractivity contribution >= 4 is 6.09 Å². The van der Waals surface area contributed by atoms with E-state index in [4.69, 9.17) is 4.74 Å². The van der Waals surface area contributed by atoms with Gasteiger partial charge in [0.2, 0.25) is 0 Å². The summed E-state index contributed by atoms with van der Waals surface area (Å²) < 4.78 is 5.53. The number of cyclic esters (lactones) is 1. The lowest BCUT2D eigenvalue weighted by Crippen LogP contribution is -2.46. The van der Waals surface area contributed by atoms with E-state index in [1.807, 2.05) is 44.7 Å². The molecule has 98 valence electrons. The van der Waals surface area contributed by atoms with Gasteiger partial charge in [-0.25, -0.2) is 4.79 Å². The average molecular weight is 247 g/mol. The summed E-state index contributed by atoms with van der Waals surface area (Å²) >= 11 is 0. The van der Waals surface area contributed by atoms with Crippen LogP contribution in [-0.2, 0) is 4.74 Å². The van der Waals surface area contributed by atoms with Crippen molar-refractivity contribution in [1.82, 2.24) is 4.90 Å². The Balaban J connectivity index is 2.28. The van der Waals surface area contributed by atoms with Gasteiger partial charge in [-0.15, -0.1) is 0 Å². The Morgan fingerprint density at radius 2 is 1.72 bits per heavy atom. The van der Waals surface area contributed by atoms with Crippen molar-refractivity contribution in [2.75, 3.05) is 0 Å². The zero-order valence-corrected chi connectivity index (χ0v) is 11.7. The summed E-state index contributed by atoms with van der Waals surface area (Å²) in [4.78, 5) is 13.8. The molecule has 0 unspecified atom stereocenters. The molecule has 2 rings (SSSR count). The van der Waals surface area contributed by atoms with Gasteiger partial charge in [-0.3, -0.25) is 4.90 Å². The van der Waals surface area contributed by atoms with Crippen molar-refractivity contribution < 1.29 is 9.53 Å². The van der Waals surface area contributed by atoms with E-state index in [9.17, 15) is 4.79 Å². The molecule has 0 N–H and O–H groups in total. The first-order valence-electron chi connectivity index (χ1n) is 6.37. The van der Waals surface area contributed by atoms with Gasteiger partial charge in [-0.2, -0.15) is 0 Å². The minimum absolute atomic E-state index is 0.0557. The lowest BCUT2D eigenvalue weighted by atomic mass is 9.98. The van der Waals surface area contributed by atoms with Crippen molar-refractivity contribution in [3.05, 3.63) is 35.4 Å². The average Bonchev–Trinajstić information content (AvgIpc) is 2.54. The number of carbonyl (C=O) groups is 1. The summed E-state index contributed by atoms with van der Waals surface area (Å²) in [7, 11) is 0. The molecule has 0 spiro atoms. The van der Waals surface area contributed by atoms with Crippen molar-refractivity contribution in [3.8, 4) is 0 Å². The first-order valence-corrected chi connectivity index (χ1v) is 6.37. The predicted octanol–water partition coefficient (Wildman–Crippen LogP) is 3.68. The minimum Gasteiger partial charge on any atom is -0.439 e. The lowest BCUT2D eigenvalue weighted by Gasteiger charge is -2.33. The Hall–Kier alpha value is -1.51. The van der Waals surface area contributed by atoms with Crippen molar-refractivity contribution in [1.29, 1.82) is 0 Å². The van der Waals surface area contributed by atoms with Crippen LogP contribution in [0.2, 0.25) is 0 Å². The molecule has 1 aliphatic heterocycles. The molecule has 1 aliphatic rings. The molecule has 3 nitrogen and oxygen atoms in total. The van der Waals surface area contributed by atoms with E-state index < -0.39 is 0 Å². The van der Waals surface area contributed by atoms with E-state index >= 15 is 0 Å². The highest BCUT2D eigenvalue weighted by Crippen LogP contribution is 2.36. The smallest absolute Gasteiger partial charge is 0.411 e. The maximum Gasteiger partial charge on any atom is 0.411 e. The second-order valence-corrected chi connectivity index (χ2v) is 6.00. The molecule has 1 fully saturated rings. The Bertz CT molecular complexity index is 445. The predicted molar refractivity (Wildman–Crippen MR) is 71.5 cm³/mol. The summed E-state index contributed by atoms with van der Waals surface area (Å²) in [6.07, 6.45) is -0.391. The second kappa shape index (κ2) is 4.30. The van der Waals surface area contributed by atoms with E-state index in [0.29, 0.717) is 0 Å². The number of carbonyl (C=O) groups excluding carboxylic acids is 1. The maximum atomic E-state index is 12.0. The third-order valence-electron chi connectivity index (χ3n) is 3.40. The topological polar surface area (TPSA) is 29.5 Å². The van der Waals surface area contributed by atoms with Crippen LogP contribution >= 0.6 is 0 Å². The molecule has 1 aromatic rings. The second-order valence-electron chi connectivity index (χ2n) is 6.00. The minimum atomic E-state index is -0.222. The molecule has 0 radical (unpaired) electrons. The van der Waals surface area contributed by atoms with Crippen molar-refractivity contribution in [2.24, 2.45) is 0 Å². The van der Waals surface area contributed by atoms with Crippen LogP contribution in [0, 0.1) is 6.92 Å². The highest BCUT2D eigenvalue weighted by atomic mass is 16.6. The van der Waals surface area contributed by atoms with E-state index in [2.05, 4.69) is 19.1 Å². The Morgan fingerprint density at radius 3 is 2.17 bits per heavy atom. The third-order valence-corrected chi connectivity index (χ3v) is 3.40. The lowest BCUT2D eigenvalue weighted by molar-refractivity contribution is 0.119. The highest BCUT2D eigenvalue weighted by Gasteiger charge is 2.44. The van der Waals surface area contributed by atoms with Crippen molar-refractivity contribution in [3.63, 3.8) is 0 Å². The van der Waals surface area contributed by atoms with Gasteiger partial charge < -0.3 is 4.74 Å². The Morgan fingerprint density at radius 1 is 1.17 bits per heavy atom. The molecule has 0 aromatic heterocycles. The molecule has 0 bridgehead atoms. The third kappa shape index (κ3) is 2.22. The van der Waals surface area contributed by atoms with Crippen molar-refractivity contribution in [2.45, 2.75) is 52.3 Å². The van der Waals surface area contributed by atoms with Gasteiger partial charge >= 0.3 is 6.09 Å². The van der Waals surface area contributed by atoms with E-state index in [1.54, 1.807) is 0 Å². The van der Waals surface area contributed by atoms with Crippen LogP contribution in [0.4, 0.5) is 4.79 Å². The molecule has 0 saturated carbocycles. The van der Waals surface area contributed by atoms with Crippen LogP contribution in [0.25, 0.3) is 0 Å². The largest absolute Gasteiger partial charge is 0.439 e. The molecular weight excluding hydrogens is 226 g/mol. The molecule has 0 aliphatic carbocycles. The number of hydrogen-bond acceptors (Lipinski definition) is 2. The van der Waals surface area contributed by atoms with Gasteiger partial charge in [0.1, 0.15) is 6.10 Å². The van der Waals surface area contributed by atoms with Crippen LogP contribution in [0.1, 0.15) is 44.9 Å². The number of ether oxygens (including phenoxy) is 1. The van der Waals surface area contributed by atoms with Crippen LogP contribution in [0.3, 0.4) is 0 Å². The quantitative estimate of drug-likeness (QED) is 0.757. The van der Waals surface area contributed by atoms with Crippen LogP contribution in [-0.4, -0.2) is 22.6 Å². The number of amides is 1. The summed E-state index contributed by atoms with van der Waals surface area (Å²) in [5.41, 5.74) is 2.06. The molecular formula is C15H21NO2. The Kier molecular flexibility index (Phi) is 3.09. The molecule has 1 heterocycles. The number of nitrogens with zero attached hydrogens (tertiary/aromatic N) is 1. The zero-order chi connectivity index (χ0) is 13.5. The number of hydrogen-bond donors (Lipinski definition) is 0. The van der Waals surface area contributed by atoms with Gasteiger partial charge in [-0.05, 0) is 40.2 Å². The van der Waals surface area contributed by atoms with Crippen LogP contribution in [0.15, 0.2) is 24.3 Å². The van der Waals surface area contributed by atoms with Gasteiger partial charge in [-0.1, -0.05) is 29.8 Å². The fourth-order valence-corrected chi connectivity index (χ4v) is 2.55. The summed E-state index contributed by atoms with van der Waals surface area (Å²) in [6.45, 7) is 10.2. The standard InChI is InChI=1S/C15H21NO2/c1-10-6-8-12(9-7-10)13-11(2)16(14(17)18-13)15(3,4)5/h6-9,11,13H,1-5H3/t11-,13+/m1/s1. The molecule has 1 aromatic carbocycles. The Labute approximate surface area is 109 Å². The van der Waals surface area contributed by atoms with Gasteiger partial charge in [0.15, 0.2) is 0 Å². The molecule has 2 atom stereocenters. The molecule has 3 heteroatoms. The number of benzene rings is 1. The maximum absolute atomic E-state index is 12.0. The van der Waals surface area contributed by atoms with Gasteiger partial charge in [0, 0.05) is 5.54 Å². The summed E-state index contributed by atoms with van der Waals surface area (Å²) in [5, 5.41) is 0. The first-order chi connectivity index (χ1) is 8.30. The first kappa shape index (κ1) is 12.9. The molecule has 1 amide bonds. The van der Waals surface area contributed by atoms with E-state index in [1.165, 1.54) is 5.56 Å². The zero-order valence-electron chi connectivity index (χ0n) is 11.7. The summed E-state index contributed by atoms with van der Waals surface area (Å²) in [5.74, 6) is 0. The van der Waals surface area contributed by atoms with E-state index in [0.717, 1.165) is 5.56 Å². The monoisotopic (exact) mass is 247 g/mol.